The molecule has 0 aliphatic rings. The third-order valence-electron chi connectivity index (χ3n) is 2.72. The van der Waals surface area contributed by atoms with Gasteiger partial charge in [-0.15, -0.1) is 0 Å². The summed E-state index contributed by atoms with van der Waals surface area (Å²) in [6.45, 7) is 4.48. The molecule has 1 aromatic carbocycles. The average Bonchev–Trinajstić information content (AvgIpc) is 2.28. The molecule has 1 rings (SSSR count). The van der Waals surface area contributed by atoms with Crippen LogP contribution in [0.25, 0.3) is 0 Å². The highest BCUT2D eigenvalue weighted by atomic mass is 19.1. The molecular weight excluding hydrogens is 203 g/mol. The summed E-state index contributed by atoms with van der Waals surface area (Å²) in [5, 5.41) is 0. The van der Waals surface area contributed by atoms with Crippen LogP contribution in [0.4, 0.5) is 4.39 Å². The molecule has 0 atom stereocenters. The maximum absolute atomic E-state index is 13.0. The zero-order valence-corrected chi connectivity index (χ0v) is 10.2. The Hall–Kier alpha value is -0.930. The Morgan fingerprint density at radius 2 is 2.06 bits per heavy atom. The Morgan fingerprint density at radius 3 is 2.69 bits per heavy atom. The third kappa shape index (κ3) is 3.91. The quantitative estimate of drug-likeness (QED) is 0.804. The van der Waals surface area contributed by atoms with Gasteiger partial charge in [0.1, 0.15) is 5.82 Å². The number of benzene rings is 1. The van der Waals surface area contributed by atoms with Crippen LogP contribution in [0.15, 0.2) is 18.2 Å². The first kappa shape index (κ1) is 13.1. The molecule has 0 aromatic heterocycles. The predicted molar refractivity (Wildman–Crippen MR) is 65.5 cm³/mol. The number of hydrogen-bond acceptors (Lipinski definition) is 2. The Morgan fingerprint density at radius 1 is 1.31 bits per heavy atom. The normalized spacial score (nSPS) is 11.1. The number of unbranched alkanes of at least 4 members (excludes halogenated alkanes) is 1. The Kier molecular flexibility index (Phi) is 5.43. The monoisotopic (exact) mass is 224 g/mol. The van der Waals surface area contributed by atoms with Crippen LogP contribution in [-0.2, 0) is 13.1 Å². The molecule has 0 saturated heterocycles. The zero-order chi connectivity index (χ0) is 12.0. The van der Waals surface area contributed by atoms with Crippen molar-refractivity contribution < 1.29 is 4.39 Å². The van der Waals surface area contributed by atoms with Crippen molar-refractivity contribution in [2.75, 3.05) is 13.6 Å². The second kappa shape index (κ2) is 6.61. The van der Waals surface area contributed by atoms with Crippen LogP contribution in [0, 0.1) is 5.82 Å². The van der Waals surface area contributed by atoms with Gasteiger partial charge in [-0.1, -0.05) is 19.4 Å². The minimum Gasteiger partial charge on any atom is -0.326 e. The Bertz CT molecular complexity index is 326. The fourth-order valence-corrected chi connectivity index (χ4v) is 1.74. The minimum atomic E-state index is -0.208. The summed E-state index contributed by atoms with van der Waals surface area (Å²) in [4.78, 5) is 2.25. The molecule has 0 bridgehead atoms. The van der Waals surface area contributed by atoms with Crippen molar-refractivity contribution >= 4 is 0 Å². The fraction of sp³-hybridized carbons (Fsp3) is 0.538. The second-order valence-electron chi connectivity index (χ2n) is 4.21. The van der Waals surface area contributed by atoms with Crippen LogP contribution in [0.2, 0.25) is 0 Å². The van der Waals surface area contributed by atoms with E-state index in [0.717, 1.165) is 24.2 Å². The van der Waals surface area contributed by atoms with Crippen molar-refractivity contribution in [3.8, 4) is 0 Å². The standard InChI is InChI=1S/C13H21FN2/c1-3-4-7-16(2)10-11-5-6-13(14)8-12(11)9-15/h5-6,8H,3-4,7,9-10,15H2,1-2H3. The number of hydrogen-bond donors (Lipinski definition) is 1. The molecule has 0 saturated carbocycles. The van der Waals surface area contributed by atoms with Crippen LogP contribution in [0.1, 0.15) is 30.9 Å². The van der Waals surface area contributed by atoms with E-state index in [9.17, 15) is 4.39 Å². The summed E-state index contributed by atoms with van der Waals surface area (Å²) in [5.41, 5.74) is 7.64. The van der Waals surface area contributed by atoms with Gasteiger partial charge in [-0.05, 0) is 43.3 Å². The number of nitrogens with zero attached hydrogens (tertiary/aromatic N) is 1. The molecule has 2 N–H and O–H groups in total. The largest absolute Gasteiger partial charge is 0.326 e. The van der Waals surface area contributed by atoms with Gasteiger partial charge in [-0.2, -0.15) is 0 Å². The molecule has 0 spiro atoms. The molecule has 3 heteroatoms. The smallest absolute Gasteiger partial charge is 0.123 e. The van der Waals surface area contributed by atoms with Gasteiger partial charge in [-0.25, -0.2) is 4.39 Å². The van der Waals surface area contributed by atoms with E-state index in [1.165, 1.54) is 25.0 Å². The van der Waals surface area contributed by atoms with Crippen LogP contribution < -0.4 is 5.73 Å². The van der Waals surface area contributed by atoms with Gasteiger partial charge in [0.25, 0.3) is 0 Å². The molecule has 0 heterocycles. The lowest BCUT2D eigenvalue weighted by molar-refractivity contribution is 0.319. The second-order valence-corrected chi connectivity index (χ2v) is 4.21. The van der Waals surface area contributed by atoms with E-state index in [1.54, 1.807) is 0 Å². The lowest BCUT2D eigenvalue weighted by atomic mass is 10.1. The molecule has 16 heavy (non-hydrogen) atoms. The predicted octanol–water partition coefficient (Wildman–Crippen LogP) is 2.52. The molecule has 1 aromatic rings. The van der Waals surface area contributed by atoms with Gasteiger partial charge in [0.05, 0.1) is 0 Å². The van der Waals surface area contributed by atoms with E-state index in [0.29, 0.717) is 6.54 Å². The molecule has 0 amide bonds. The Balaban J connectivity index is 2.65. The molecule has 90 valence electrons. The van der Waals surface area contributed by atoms with Crippen molar-refractivity contribution in [2.24, 2.45) is 5.73 Å². The van der Waals surface area contributed by atoms with Crippen molar-refractivity contribution in [3.05, 3.63) is 35.1 Å². The first-order valence-electron chi connectivity index (χ1n) is 5.83. The van der Waals surface area contributed by atoms with Crippen LogP contribution in [-0.4, -0.2) is 18.5 Å². The SMILES string of the molecule is CCCCN(C)Cc1ccc(F)cc1CN. The Labute approximate surface area is 97.3 Å². The number of rotatable bonds is 6. The molecule has 0 aliphatic carbocycles. The molecule has 0 unspecified atom stereocenters. The van der Waals surface area contributed by atoms with Gasteiger partial charge < -0.3 is 10.6 Å². The van der Waals surface area contributed by atoms with Crippen molar-refractivity contribution in [3.63, 3.8) is 0 Å². The summed E-state index contributed by atoms with van der Waals surface area (Å²) in [5.74, 6) is -0.208. The van der Waals surface area contributed by atoms with E-state index >= 15 is 0 Å². The summed E-state index contributed by atoms with van der Waals surface area (Å²) in [7, 11) is 2.08. The average molecular weight is 224 g/mol. The minimum absolute atomic E-state index is 0.208. The maximum atomic E-state index is 13.0. The number of halogens is 1. The maximum Gasteiger partial charge on any atom is 0.123 e. The number of nitrogens with two attached hydrogens (primary N) is 1. The fourth-order valence-electron chi connectivity index (χ4n) is 1.74. The highest BCUT2D eigenvalue weighted by molar-refractivity contribution is 5.27. The van der Waals surface area contributed by atoms with Gasteiger partial charge in [0.15, 0.2) is 0 Å². The van der Waals surface area contributed by atoms with Gasteiger partial charge in [0.2, 0.25) is 0 Å². The van der Waals surface area contributed by atoms with E-state index in [4.69, 9.17) is 5.73 Å². The van der Waals surface area contributed by atoms with E-state index in [2.05, 4.69) is 18.9 Å². The van der Waals surface area contributed by atoms with Crippen LogP contribution in [0.3, 0.4) is 0 Å². The molecule has 0 aliphatic heterocycles. The highest BCUT2D eigenvalue weighted by Gasteiger charge is 2.05. The lowest BCUT2D eigenvalue weighted by Crippen LogP contribution is -2.20. The topological polar surface area (TPSA) is 29.3 Å². The van der Waals surface area contributed by atoms with Crippen molar-refractivity contribution in [1.29, 1.82) is 0 Å². The summed E-state index contributed by atoms with van der Waals surface area (Å²) < 4.78 is 13.0. The van der Waals surface area contributed by atoms with Crippen molar-refractivity contribution in [2.45, 2.75) is 32.9 Å². The van der Waals surface area contributed by atoms with Crippen LogP contribution in [0.5, 0.6) is 0 Å². The summed E-state index contributed by atoms with van der Waals surface area (Å²) in [6, 6.07) is 4.87. The van der Waals surface area contributed by atoms with E-state index in [1.807, 2.05) is 6.07 Å². The van der Waals surface area contributed by atoms with E-state index in [-0.39, 0.29) is 5.82 Å². The molecule has 0 fully saturated rings. The van der Waals surface area contributed by atoms with E-state index < -0.39 is 0 Å². The third-order valence-corrected chi connectivity index (χ3v) is 2.72. The first-order valence-corrected chi connectivity index (χ1v) is 5.83. The highest BCUT2D eigenvalue weighted by Crippen LogP contribution is 2.13. The zero-order valence-electron chi connectivity index (χ0n) is 10.2. The van der Waals surface area contributed by atoms with Gasteiger partial charge in [0, 0.05) is 13.1 Å². The van der Waals surface area contributed by atoms with Gasteiger partial charge >= 0.3 is 0 Å². The van der Waals surface area contributed by atoms with Crippen LogP contribution >= 0.6 is 0 Å². The summed E-state index contributed by atoms with van der Waals surface area (Å²) in [6.07, 6.45) is 2.38. The first-order chi connectivity index (χ1) is 7.67. The summed E-state index contributed by atoms with van der Waals surface area (Å²) >= 11 is 0. The molecular formula is C13H21FN2. The van der Waals surface area contributed by atoms with Gasteiger partial charge in [-0.3, -0.25) is 0 Å². The van der Waals surface area contributed by atoms with Crippen molar-refractivity contribution in [1.82, 2.24) is 4.90 Å². The molecule has 0 radical (unpaired) electrons. The lowest BCUT2D eigenvalue weighted by Gasteiger charge is -2.18. The molecule has 2 nitrogen and oxygen atoms in total.